The second-order valence-electron chi connectivity index (χ2n) is 3.98. The average Bonchev–Trinajstić information content (AvgIpc) is 2.75. The van der Waals surface area contributed by atoms with E-state index in [1.807, 2.05) is 42.3 Å². The molecular weight excluding hydrogens is 214 g/mol. The Kier molecular flexibility index (Phi) is 3.77. The SMILES string of the molecule is COc1cccc(CNCc2cnn(C)c2)c1. The largest absolute Gasteiger partial charge is 0.497 e. The molecule has 0 aliphatic heterocycles. The fourth-order valence-electron chi connectivity index (χ4n) is 1.70. The van der Waals surface area contributed by atoms with Gasteiger partial charge in [-0.3, -0.25) is 4.68 Å². The third-order valence-electron chi connectivity index (χ3n) is 2.55. The molecule has 4 nitrogen and oxygen atoms in total. The van der Waals surface area contributed by atoms with E-state index in [2.05, 4.69) is 16.5 Å². The van der Waals surface area contributed by atoms with E-state index in [4.69, 9.17) is 4.74 Å². The van der Waals surface area contributed by atoms with Crippen LogP contribution >= 0.6 is 0 Å². The number of ether oxygens (including phenoxy) is 1. The average molecular weight is 231 g/mol. The lowest BCUT2D eigenvalue weighted by molar-refractivity contribution is 0.414. The Hall–Kier alpha value is -1.81. The van der Waals surface area contributed by atoms with E-state index in [1.165, 1.54) is 11.1 Å². The van der Waals surface area contributed by atoms with Crippen LogP contribution in [0.5, 0.6) is 5.75 Å². The monoisotopic (exact) mass is 231 g/mol. The van der Waals surface area contributed by atoms with Crippen LogP contribution in [-0.4, -0.2) is 16.9 Å². The molecule has 0 spiro atoms. The summed E-state index contributed by atoms with van der Waals surface area (Å²) in [6.45, 7) is 1.65. The molecule has 0 saturated heterocycles. The minimum absolute atomic E-state index is 0.824. The van der Waals surface area contributed by atoms with Crippen molar-refractivity contribution >= 4 is 0 Å². The van der Waals surface area contributed by atoms with Crippen LogP contribution in [0.15, 0.2) is 36.7 Å². The second-order valence-corrected chi connectivity index (χ2v) is 3.98. The number of nitrogens with one attached hydrogen (secondary N) is 1. The normalized spacial score (nSPS) is 10.5. The van der Waals surface area contributed by atoms with E-state index in [0.717, 1.165) is 18.8 Å². The zero-order valence-corrected chi connectivity index (χ0v) is 10.2. The van der Waals surface area contributed by atoms with Crippen molar-refractivity contribution in [1.29, 1.82) is 0 Å². The molecule has 0 aliphatic rings. The van der Waals surface area contributed by atoms with Crippen molar-refractivity contribution in [2.75, 3.05) is 7.11 Å². The fourth-order valence-corrected chi connectivity index (χ4v) is 1.70. The van der Waals surface area contributed by atoms with Crippen LogP contribution in [0.25, 0.3) is 0 Å². The Morgan fingerprint density at radius 2 is 2.12 bits per heavy atom. The van der Waals surface area contributed by atoms with Gasteiger partial charge in [-0.25, -0.2) is 0 Å². The molecule has 17 heavy (non-hydrogen) atoms. The molecule has 0 aliphatic carbocycles. The van der Waals surface area contributed by atoms with Gasteiger partial charge in [-0.1, -0.05) is 12.1 Å². The summed E-state index contributed by atoms with van der Waals surface area (Å²) in [4.78, 5) is 0. The molecule has 4 heteroatoms. The highest BCUT2D eigenvalue weighted by atomic mass is 16.5. The molecular formula is C13H17N3O. The molecule has 1 aromatic carbocycles. The first-order chi connectivity index (χ1) is 8.28. The summed E-state index contributed by atoms with van der Waals surface area (Å²) in [5.74, 6) is 0.894. The molecule has 2 aromatic rings. The van der Waals surface area contributed by atoms with Gasteiger partial charge in [0.25, 0.3) is 0 Å². The van der Waals surface area contributed by atoms with Gasteiger partial charge < -0.3 is 10.1 Å². The van der Waals surface area contributed by atoms with Crippen molar-refractivity contribution in [3.8, 4) is 5.75 Å². The summed E-state index contributed by atoms with van der Waals surface area (Å²) in [5.41, 5.74) is 2.41. The van der Waals surface area contributed by atoms with Crippen LogP contribution in [0.3, 0.4) is 0 Å². The van der Waals surface area contributed by atoms with Crippen molar-refractivity contribution in [3.63, 3.8) is 0 Å². The summed E-state index contributed by atoms with van der Waals surface area (Å²) >= 11 is 0. The Morgan fingerprint density at radius 1 is 1.29 bits per heavy atom. The molecule has 2 rings (SSSR count). The number of benzene rings is 1. The molecule has 1 aromatic heterocycles. The number of methoxy groups -OCH3 is 1. The number of rotatable bonds is 5. The highest BCUT2D eigenvalue weighted by molar-refractivity contribution is 5.28. The maximum Gasteiger partial charge on any atom is 0.119 e. The van der Waals surface area contributed by atoms with Gasteiger partial charge in [-0.05, 0) is 17.7 Å². The van der Waals surface area contributed by atoms with Crippen LogP contribution in [-0.2, 0) is 20.1 Å². The van der Waals surface area contributed by atoms with Crippen LogP contribution in [0, 0.1) is 0 Å². The Bertz CT molecular complexity index is 479. The van der Waals surface area contributed by atoms with Crippen LogP contribution < -0.4 is 10.1 Å². The zero-order valence-electron chi connectivity index (χ0n) is 10.2. The highest BCUT2D eigenvalue weighted by Gasteiger charge is 1.97. The molecule has 0 bridgehead atoms. The number of hydrogen-bond acceptors (Lipinski definition) is 3. The lowest BCUT2D eigenvalue weighted by atomic mass is 10.2. The summed E-state index contributed by atoms with van der Waals surface area (Å²) in [7, 11) is 3.60. The predicted molar refractivity (Wildman–Crippen MR) is 66.7 cm³/mol. The van der Waals surface area contributed by atoms with Crippen LogP contribution in [0.2, 0.25) is 0 Å². The quantitative estimate of drug-likeness (QED) is 0.851. The van der Waals surface area contributed by atoms with Crippen molar-refractivity contribution in [3.05, 3.63) is 47.8 Å². The fraction of sp³-hybridized carbons (Fsp3) is 0.308. The van der Waals surface area contributed by atoms with Gasteiger partial charge in [0.15, 0.2) is 0 Å². The van der Waals surface area contributed by atoms with Crippen LogP contribution in [0.1, 0.15) is 11.1 Å². The first-order valence-electron chi connectivity index (χ1n) is 5.59. The van der Waals surface area contributed by atoms with Gasteiger partial charge in [0.1, 0.15) is 5.75 Å². The Morgan fingerprint density at radius 3 is 2.82 bits per heavy atom. The predicted octanol–water partition coefficient (Wildman–Crippen LogP) is 1.72. The maximum atomic E-state index is 5.18. The summed E-state index contributed by atoms with van der Waals surface area (Å²) in [6, 6.07) is 8.07. The Labute approximate surface area is 101 Å². The van der Waals surface area contributed by atoms with Gasteiger partial charge in [0, 0.05) is 31.9 Å². The minimum atomic E-state index is 0.824. The zero-order chi connectivity index (χ0) is 12.1. The number of aryl methyl sites for hydroxylation is 1. The molecule has 0 unspecified atom stereocenters. The second kappa shape index (κ2) is 5.50. The van der Waals surface area contributed by atoms with Crippen molar-refractivity contribution in [1.82, 2.24) is 15.1 Å². The number of nitrogens with zero attached hydrogens (tertiary/aromatic N) is 2. The van der Waals surface area contributed by atoms with Gasteiger partial charge in [0.2, 0.25) is 0 Å². The lowest BCUT2D eigenvalue weighted by Gasteiger charge is -2.05. The van der Waals surface area contributed by atoms with Gasteiger partial charge in [-0.15, -0.1) is 0 Å². The third-order valence-corrected chi connectivity index (χ3v) is 2.55. The molecule has 0 fully saturated rings. The number of hydrogen-bond donors (Lipinski definition) is 1. The molecule has 0 saturated carbocycles. The molecule has 0 amide bonds. The van der Waals surface area contributed by atoms with E-state index < -0.39 is 0 Å². The standard InChI is InChI=1S/C13H17N3O/c1-16-10-12(9-15-16)8-14-7-11-4-3-5-13(6-11)17-2/h3-6,9-10,14H,7-8H2,1-2H3. The first kappa shape index (κ1) is 11.7. The van der Waals surface area contributed by atoms with Crippen molar-refractivity contribution in [2.24, 2.45) is 7.05 Å². The van der Waals surface area contributed by atoms with Crippen LogP contribution in [0.4, 0.5) is 0 Å². The molecule has 1 N–H and O–H groups in total. The van der Waals surface area contributed by atoms with E-state index in [0.29, 0.717) is 0 Å². The van der Waals surface area contributed by atoms with Crippen molar-refractivity contribution < 1.29 is 4.74 Å². The summed E-state index contributed by atoms with van der Waals surface area (Å²) < 4.78 is 6.99. The van der Waals surface area contributed by atoms with E-state index in [1.54, 1.807) is 7.11 Å². The highest BCUT2D eigenvalue weighted by Crippen LogP contribution is 2.12. The topological polar surface area (TPSA) is 39.1 Å². The first-order valence-corrected chi connectivity index (χ1v) is 5.59. The minimum Gasteiger partial charge on any atom is -0.497 e. The lowest BCUT2D eigenvalue weighted by Crippen LogP contribution is -2.12. The van der Waals surface area contributed by atoms with E-state index in [9.17, 15) is 0 Å². The summed E-state index contributed by atoms with van der Waals surface area (Å²) in [6.07, 6.45) is 3.89. The van der Waals surface area contributed by atoms with Gasteiger partial charge in [-0.2, -0.15) is 5.10 Å². The smallest absolute Gasteiger partial charge is 0.119 e. The molecule has 0 atom stereocenters. The van der Waals surface area contributed by atoms with Gasteiger partial charge >= 0.3 is 0 Å². The third kappa shape index (κ3) is 3.32. The van der Waals surface area contributed by atoms with E-state index in [-0.39, 0.29) is 0 Å². The summed E-state index contributed by atoms with van der Waals surface area (Å²) in [5, 5.41) is 7.50. The van der Waals surface area contributed by atoms with Gasteiger partial charge in [0.05, 0.1) is 13.3 Å². The Balaban J connectivity index is 1.85. The van der Waals surface area contributed by atoms with E-state index >= 15 is 0 Å². The molecule has 1 heterocycles. The maximum absolute atomic E-state index is 5.18. The number of aromatic nitrogens is 2. The molecule has 90 valence electrons. The van der Waals surface area contributed by atoms with Crippen molar-refractivity contribution in [2.45, 2.75) is 13.1 Å². The molecule has 0 radical (unpaired) electrons.